The summed E-state index contributed by atoms with van der Waals surface area (Å²) in [6.07, 6.45) is 2.14. The lowest BCUT2D eigenvalue weighted by molar-refractivity contribution is -0.125. The highest BCUT2D eigenvalue weighted by Crippen LogP contribution is 2.24. The molecular weight excluding hydrogens is 280 g/mol. The van der Waals surface area contributed by atoms with Crippen molar-refractivity contribution in [1.82, 2.24) is 10.2 Å². The second-order valence-corrected chi connectivity index (χ2v) is 6.01. The summed E-state index contributed by atoms with van der Waals surface area (Å²) >= 11 is 0. The molecule has 2 aliphatic rings. The number of hydrogen-bond acceptors (Lipinski definition) is 4. The predicted molar refractivity (Wildman–Crippen MR) is 83.1 cm³/mol. The monoisotopic (exact) mass is 304 g/mol. The van der Waals surface area contributed by atoms with Crippen molar-refractivity contribution in [1.29, 1.82) is 0 Å². The number of hydrogen-bond donors (Lipinski definition) is 1. The van der Waals surface area contributed by atoms with Crippen molar-refractivity contribution in [2.24, 2.45) is 5.92 Å². The van der Waals surface area contributed by atoms with Crippen LogP contribution in [0.15, 0.2) is 30.3 Å². The maximum Gasteiger partial charge on any atom is 0.234 e. The number of carbonyl (C=O) groups excluding carboxylic acids is 1. The third kappa shape index (κ3) is 4.29. The zero-order chi connectivity index (χ0) is 15.2. The quantitative estimate of drug-likeness (QED) is 0.893. The molecule has 0 radical (unpaired) electrons. The first kappa shape index (κ1) is 15.5. The second-order valence-electron chi connectivity index (χ2n) is 6.01. The van der Waals surface area contributed by atoms with Gasteiger partial charge in [-0.3, -0.25) is 9.69 Å². The molecule has 0 bridgehead atoms. The molecule has 0 unspecified atom stereocenters. The molecule has 2 saturated heterocycles. The van der Waals surface area contributed by atoms with Crippen LogP contribution in [0.3, 0.4) is 0 Å². The van der Waals surface area contributed by atoms with E-state index in [1.54, 1.807) is 0 Å². The number of piperidine rings is 1. The molecule has 1 atom stereocenters. The van der Waals surface area contributed by atoms with Gasteiger partial charge in [0.05, 0.1) is 19.8 Å². The third-order valence-electron chi connectivity index (χ3n) is 4.27. The molecule has 2 heterocycles. The number of likely N-dealkylation sites (tertiary alicyclic amines) is 1. The van der Waals surface area contributed by atoms with Crippen LogP contribution < -0.4 is 5.32 Å². The Balaban J connectivity index is 1.42. The largest absolute Gasteiger partial charge is 0.351 e. The number of amides is 1. The molecule has 1 amide bonds. The zero-order valence-electron chi connectivity index (χ0n) is 12.9. The van der Waals surface area contributed by atoms with Crippen LogP contribution in [0, 0.1) is 5.92 Å². The summed E-state index contributed by atoms with van der Waals surface area (Å²) < 4.78 is 11.2. The minimum absolute atomic E-state index is 0.0739. The number of ether oxygens (including phenoxy) is 2. The fraction of sp³-hybridized carbons (Fsp3) is 0.588. The Morgan fingerprint density at radius 2 is 2.00 bits per heavy atom. The lowest BCUT2D eigenvalue weighted by Crippen LogP contribution is -2.45. The highest BCUT2D eigenvalue weighted by molar-refractivity contribution is 5.78. The van der Waals surface area contributed by atoms with Gasteiger partial charge in [-0.05, 0) is 24.9 Å². The fourth-order valence-electron chi connectivity index (χ4n) is 3.16. The van der Waals surface area contributed by atoms with Crippen LogP contribution in [0.1, 0.15) is 18.4 Å². The minimum atomic E-state index is -0.0739. The van der Waals surface area contributed by atoms with E-state index in [-0.39, 0.29) is 12.2 Å². The zero-order valence-corrected chi connectivity index (χ0v) is 12.9. The lowest BCUT2D eigenvalue weighted by atomic mass is 9.97. The summed E-state index contributed by atoms with van der Waals surface area (Å²) in [6, 6.07) is 9.99. The summed E-state index contributed by atoms with van der Waals surface area (Å²) in [6.45, 7) is 4.28. The van der Waals surface area contributed by atoms with Crippen molar-refractivity contribution in [3.8, 4) is 0 Å². The van der Waals surface area contributed by atoms with E-state index >= 15 is 0 Å². The van der Waals surface area contributed by atoms with Crippen LogP contribution in [0.5, 0.6) is 0 Å². The van der Waals surface area contributed by atoms with E-state index in [9.17, 15) is 4.79 Å². The molecule has 1 N–H and O–H groups in total. The Morgan fingerprint density at radius 1 is 1.23 bits per heavy atom. The van der Waals surface area contributed by atoms with Gasteiger partial charge in [0, 0.05) is 19.0 Å². The molecule has 0 saturated carbocycles. The maximum absolute atomic E-state index is 12.1. The average Bonchev–Trinajstić information content (AvgIpc) is 3.09. The highest BCUT2D eigenvalue weighted by atomic mass is 16.7. The SMILES string of the molecule is O=C(CN1CCC[C@H](C2OCCO2)C1)NCc1ccccc1. The van der Waals surface area contributed by atoms with Gasteiger partial charge in [0.2, 0.25) is 5.91 Å². The van der Waals surface area contributed by atoms with E-state index in [0.29, 0.717) is 32.2 Å². The Labute approximate surface area is 131 Å². The van der Waals surface area contributed by atoms with Gasteiger partial charge >= 0.3 is 0 Å². The molecule has 2 aliphatic heterocycles. The van der Waals surface area contributed by atoms with Crippen molar-refractivity contribution in [2.75, 3.05) is 32.8 Å². The predicted octanol–water partition coefficient (Wildman–Crippen LogP) is 1.39. The lowest BCUT2D eigenvalue weighted by Gasteiger charge is -2.34. The van der Waals surface area contributed by atoms with Crippen LogP contribution in [-0.2, 0) is 20.8 Å². The molecule has 0 aliphatic carbocycles. The van der Waals surface area contributed by atoms with E-state index in [2.05, 4.69) is 10.2 Å². The summed E-state index contributed by atoms with van der Waals surface area (Å²) in [4.78, 5) is 14.3. The van der Waals surface area contributed by atoms with Gasteiger partial charge in [0.1, 0.15) is 0 Å². The van der Waals surface area contributed by atoms with Crippen LogP contribution in [-0.4, -0.2) is 49.9 Å². The van der Waals surface area contributed by atoms with Gasteiger partial charge in [0.15, 0.2) is 6.29 Å². The van der Waals surface area contributed by atoms with Crippen LogP contribution in [0.2, 0.25) is 0 Å². The Bertz CT molecular complexity index is 474. The van der Waals surface area contributed by atoms with E-state index in [4.69, 9.17) is 9.47 Å². The molecule has 2 fully saturated rings. The van der Waals surface area contributed by atoms with Gasteiger partial charge in [-0.2, -0.15) is 0 Å². The van der Waals surface area contributed by atoms with Gasteiger partial charge in [-0.25, -0.2) is 0 Å². The molecular formula is C17H24N2O3. The van der Waals surface area contributed by atoms with Crippen molar-refractivity contribution < 1.29 is 14.3 Å². The molecule has 120 valence electrons. The molecule has 5 nitrogen and oxygen atoms in total. The summed E-state index contributed by atoms with van der Waals surface area (Å²) in [5.74, 6) is 0.468. The standard InChI is InChI=1S/C17H24N2O3/c20-16(18-11-14-5-2-1-3-6-14)13-19-8-4-7-15(12-19)17-21-9-10-22-17/h1-3,5-6,15,17H,4,7-13H2,(H,18,20)/t15-/m0/s1. The number of benzene rings is 1. The number of nitrogens with one attached hydrogen (secondary N) is 1. The van der Waals surface area contributed by atoms with Gasteiger partial charge < -0.3 is 14.8 Å². The van der Waals surface area contributed by atoms with Crippen molar-refractivity contribution in [3.05, 3.63) is 35.9 Å². The highest BCUT2D eigenvalue weighted by Gasteiger charge is 2.31. The summed E-state index contributed by atoms with van der Waals surface area (Å²) in [5.41, 5.74) is 1.13. The first-order valence-corrected chi connectivity index (χ1v) is 8.07. The molecule has 5 heteroatoms. The molecule has 3 rings (SSSR count). The van der Waals surface area contributed by atoms with Gasteiger partial charge in [-0.15, -0.1) is 0 Å². The van der Waals surface area contributed by atoms with Crippen LogP contribution in [0.4, 0.5) is 0 Å². The maximum atomic E-state index is 12.1. The van der Waals surface area contributed by atoms with E-state index in [0.717, 1.165) is 31.5 Å². The van der Waals surface area contributed by atoms with Crippen LogP contribution >= 0.6 is 0 Å². The Kier molecular flexibility index (Phi) is 5.43. The molecule has 1 aromatic carbocycles. The van der Waals surface area contributed by atoms with Gasteiger partial charge in [0.25, 0.3) is 0 Å². The molecule has 0 aromatic heterocycles. The Morgan fingerprint density at radius 3 is 2.77 bits per heavy atom. The van der Waals surface area contributed by atoms with Crippen molar-refractivity contribution in [2.45, 2.75) is 25.7 Å². The molecule has 1 aromatic rings. The number of carbonyl (C=O) groups is 1. The first-order chi connectivity index (χ1) is 10.8. The van der Waals surface area contributed by atoms with Crippen molar-refractivity contribution in [3.63, 3.8) is 0 Å². The summed E-state index contributed by atoms with van der Waals surface area (Å²) in [7, 11) is 0. The van der Waals surface area contributed by atoms with E-state index < -0.39 is 0 Å². The van der Waals surface area contributed by atoms with Crippen LogP contribution in [0.25, 0.3) is 0 Å². The van der Waals surface area contributed by atoms with E-state index in [1.807, 2.05) is 30.3 Å². The average molecular weight is 304 g/mol. The normalized spacial score (nSPS) is 23.5. The molecule has 0 spiro atoms. The van der Waals surface area contributed by atoms with Crippen molar-refractivity contribution >= 4 is 5.91 Å². The smallest absolute Gasteiger partial charge is 0.234 e. The summed E-state index contributed by atoms with van der Waals surface area (Å²) in [5, 5.41) is 2.99. The molecule has 22 heavy (non-hydrogen) atoms. The first-order valence-electron chi connectivity index (χ1n) is 8.07. The van der Waals surface area contributed by atoms with E-state index in [1.165, 1.54) is 0 Å². The number of nitrogens with zero attached hydrogens (tertiary/aromatic N) is 1. The Hall–Kier alpha value is -1.43. The third-order valence-corrected chi connectivity index (χ3v) is 4.27. The number of rotatable bonds is 5. The minimum Gasteiger partial charge on any atom is -0.351 e. The fourth-order valence-corrected chi connectivity index (χ4v) is 3.16. The van der Waals surface area contributed by atoms with Gasteiger partial charge in [-0.1, -0.05) is 30.3 Å². The topological polar surface area (TPSA) is 50.8 Å². The second kappa shape index (κ2) is 7.72.